The molecule has 0 radical (unpaired) electrons. The predicted molar refractivity (Wildman–Crippen MR) is 185 cm³/mol. The number of thiophene rings is 7. The Balaban J connectivity index is 1.29. The number of nitrogens with zero attached hydrogens (tertiary/aromatic N) is 1. The fourth-order valence-corrected chi connectivity index (χ4v) is 15.6. The summed E-state index contributed by atoms with van der Waals surface area (Å²) in [6.07, 6.45) is 0. The van der Waals surface area contributed by atoms with E-state index in [1.165, 1.54) is 99.2 Å². The second kappa shape index (κ2) is 7.50. The normalized spacial score (nSPS) is 13.0. The molecule has 0 fully saturated rings. The molecule has 8 heterocycles. The molecule has 0 unspecified atom stereocenters. The second-order valence-corrected chi connectivity index (χ2v) is 18.0. The molecular weight excluding hydrogens is 611 g/mol. The third kappa shape index (κ3) is 2.83. The highest BCUT2D eigenvalue weighted by Crippen LogP contribution is 2.55. The van der Waals surface area contributed by atoms with Gasteiger partial charge in [-0.15, -0.1) is 79.4 Å². The highest BCUT2D eigenvalue weighted by atomic mass is 32.1. The molecule has 0 saturated carbocycles. The monoisotopic (exact) mass is 627 g/mol. The van der Waals surface area contributed by atoms with Gasteiger partial charge in [0.2, 0.25) is 0 Å². The van der Waals surface area contributed by atoms with Gasteiger partial charge in [-0.05, 0) is 57.2 Å². The van der Waals surface area contributed by atoms with E-state index in [1.54, 1.807) is 0 Å². The number of fused-ring (bicyclic) bond motifs is 14. The molecular formula is C31H17NS7. The van der Waals surface area contributed by atoms with Crippen LogP contribution in [0.25, 0.3) is 83.9 Å². The zero-order valence-corrected chi connectivity index (χ0v) is 26.6. The number of hydrogen-bond donors (Lipinski definition) is 0. The van der Waals surface area contributed by atoms with Crippen LogP contribution in [0.2, 0.25) is 0 Å². The summed E-state index contributed by atoms with van der Waals surface area (Å²) in [5.74, 6) is 0. The molecule has 8 aromatic heterocycles. The highest BCUT2D eigenvalue weighted by molar-refractivity contribution is 7.46. The first-order chi connectivity index (χ1) is 19.0. The van der Waals surface area contributed by atoms with Crippen molar-refractivity contribution >= 4 is 158 Å². The highest BCUT2D eigenvalue weighted by Gasteiger charge is 2.24. The summed E-state index contributed by atoms with van der Waals surface area (Å²) in [6.45, 7) is 6.62. The number of aryl methyl sites for hydroxylation is 3. The molecule has 0 saturated heterocycles. The Morgan fingerprint density at radius 2 is 1.03 bits per heavy atom. The van der Waals surface area contributed by atoms with Crippen LogP contribution in [0.1, 0.15) is 15.3 Å². The molecule has 0 bridgehead atoms. The average Bonchev–Trinajstić information content (AvgIpc) is 3.74. The lowest BCUT2D eigenvalue weighted by atomic mass is 10.2. The van der Waals surface area contributed by atoms with Crippen LogP contribution in [-0.2, 0) is 0 Å². The predicted octanol–water partition coefficient (Wildman–Crippen LogP) is 13.1. The maximum absolute atomic E-state index is 2.52. The van der Waals surface area contributed by atoms with Crippen LogP contribution in [-0.4, -0.2) is 4.57 Å². The molecule has 0 N–H and O–H groups in total. The fourth-order valence-electron chi connectivity index (χ4n) is 6.00. The molecule has 0 amide bonds. The Kier molecular flexibility index (Phi) is 4.31. The summed E-state index contributed by atoms with van der Waals surface area (Å²) >= 11 is 13.9. The van der Waals surface area contributed by atoms with Gasteiger partial charge >= 0.3 is 0 Å². The van der Waals surface area contributed by atoms with Crippen molar-refractivity contribution in [3.63, 3.8) is 0 Å². The third-order valence-electron chi connectivity index (χ3n) is 7.70. The van der Waals surface area contributed by atoms with E-state index in [0.29, 0.717) is 0 Å². The SMILES string of the molecule is Cc1ccc(-n2c3cc(C)sc3c3sc4c5cc6sc7c(sc8c9sc(C)cc9sc87)c6cc5sc4c32)cc1. The lowest BCUT2D eigenvalue weighted by Gasteiger charge is -2.06. The van der Waals surface area contributed by atoms with Crippen LogP contribution in [0.5, 0.6) is 0 Å². The zero-order chi connectivity index (χ0) is 25.7. The Labute approximate surface area is 250 Å². The van der Waals surface area contributed by atoms with E-state index in [1.807, 2.05) is 79.4 Å². The summed E-state index contributed by atoms with van der Waals surface area (Å²) < 4.78 is 20.0. The summed E-state index contributed by atoms with van der Waals surface area (Å²) in [7, 11) is 0. The van der Waals surface area contributed by atoms with Crippen molar-refractivity contribution in [1.29, 1.82) is 0 Å². The van der Waals surface area contributed by atoms with Crippen LogP contribution < -0.4 is 0 Å². The van der Waals surface area contributed by atoms with Crippen LogP contribution in [0, 0.1) is 20.8 Å². The summed E-state index contributed by atoms with van der Waals surface area (Å²) in [4.78, 5) is 2.79. The lowest BCUT2D eigenvalue weighted by molar-refractivity contribution is 1.18. The molecule has 0 spiro atoms. The van der Waals surface area contributed by atoms with E-state index in [2.05, 4.69) is 73.9 Å². The Morgan fingerprint density at radius 3 is 1.82 bits per heavy atom. The van der Waals surface area contributed by atoms with E-state index in [9.17, 15) is 0 Å². The minimum Gasteiger partial charge on any atom is -0.306 e. The van der Waals surface area contributed by atoms with Gasteiger partial charge in [0, 0.05) is 40.3 Å². The van der Waals surface area contributed by atoms with E-state index in [0.717, 1.165) is 0 Å². The molecule has 0 aliphatic rings. The van der Waals surface area contributed by atoms with E-state index in [-0.39, 0.29) is 0 Å². The second-order valence-electron chi connectivity index (χ2n) is 10.3. The van der Waals surface area contributed by atoms with Gasteiger partial charge in [-0.2, -0.15) is 0 Å². The van der Waals surface area contributed by atoms with Crippen LogP contribution in [0.15, 0.2) is 48.5 Å². The van der Waals surface area contributed by atoms with Crippen LogP contribution >= 0.6 is 79.4 Å². The maximum Gasteiger partial charge on any atom is 0.0837 e. The Bertz CT molecular complexity index is 2630. The quantitative estimate of drug-likeness (QED) is 0.171. The fraction of sp³-hybridized carbons (Fsp3) is 0.0968. The largest absolute Gasteiger partial charge is 0.306 e. The molecule has 0 atom stereocenters. The molecule has 10 aromatic rings. The van der Waals surface area contributed by atoms with E-state index >= 15 is 0 Å². The van der Waals surface area contributed by atoms with E-state index in [4.69, 9.17) is 0 Å². The van der Waals surface area contributed by atoms with Crippen molar-refractivity contribution in [3.8, 4) is 5.69 Å². The molecule has 0 aliphatic carbocycles. The summed E-state index contributed by atoms with van der Waals surface area (Å²) in [5.41, 5.74) is 5.29. The van der Waals surface area contributed by atoms with Crippen molar-refractivity contribution in [1.82, 2.24) is 4.57 Å². The first kappa shape index (κ1) is 22.4. The minimum absolute atomic E-state index is 1.26. The third-order valence-corrected chi connectivity index (χ3v) is 16.7. The molecule has 0 aliphatic heterocycles. The van der Waals surface area contributed by atoms with E-state index < -0.39 is 0 Å². The summed E-state index contributed by atoms with van der Waals surface area (Å²) in [6, 6.07) is 18.7. The maximum atomic E-state index is 2.52. The van der Waals surface area contributed by atoms with Gasteiger partial charge in [-0.1, -0.05) is 17.7 Å². The van der Waals surface area contributed by atoms with Gasteiger partial charge in [0.15, 0.2) is 0 Å². The first-order valence-electron chi connectivity index (χ1n) is 12.7. The molecule has 2 aromatic carbocycles. The molecule has 188 valence electrons. The zero-order valence-electron chi connectivity index (χ0n) is 20.9. The van der Waals surface area contributed by atoms with Crippen molar-refractivity contribution in [2.45, 2.75) is 20.8 Å². The van der Waals surface area contributed by atoms with Crippen molar-refractivity contribution in [3.05, 3.63) is 63.8 Å². The van der Waals surface area contributed by atoms with Crippen LogP contribution in [0.4, 0.5) is 0 Å². The Morgan fingerprint density at radius 1 is 0.462 bits per heavy atom. The standard InChI is InChI=1S/C31H17NS7/c1-12-4-6-15(7-5-12)32-18-8-13(2)33-25(18)28-22(32)27-23(38-28)16-10-20-17(11-19(16)35-27)24-29(36-20)31-30(39-24)26-21(37-31)9-14(3)34-26/h4-11H,1-3H3. The number of hydrogen-bond acceptors (Lipinski definition) is 7. The topological polar surface area (TPSA) is 4.93 Å². The smallest absolute Gasteiger partial charge is 0.0837 e. The average molecular weight is 628 g/mol. The molecule has 8 heteroatoms. The van der Waals surface area contributed by atoms with Crippen molar-refractivity contribution in [2.24, 2.45) is 0 Å². The lowest BCUT2D eigenvalue weighted by Crippen LogP contribution is -1.92. The van der Waals surface area contributed by atoms with Gasteiger partial charge in [0.1, 0.15) is 0 Å². The Hall–Kier alpha value is -2.30. The number of rotatable bonds is 1. The van der Waals surface area contributed by atoms with Gasteiger partial charge in [-0.3, -0.25) is 0 Å². The molecule has 39 heavy (non-hydrogen) atoms. The van der Waals surface area contributed by atoms with Crippen LogP contribution in [0.3, 0.4) is 0 Å². The summed E-state index contributed by atoms with van der Waals surface area (Å²) in [5, 5.41) is 2.86. The number of benzene rings is 2. The van der Waals surface area contributed by atoms with Gasteiger partial charge < -0.3 is 4.57 Å². The molecule has 1 nitrogen and oxygen atoms in total. The van der Waals surface area contributed by atoms with Gasteiger partial charge in [0.05, 0.1) is 53.3 Å². The molecule has 10 rings (SSSR count). The van der Waals surface area contributed by atoms with Crippen molar-refractivity contribution < 1.29 is 0 Å². The first-order valence-corrected chi connectivity index (χ1v) is 18.4. The van der Waals surface area contributed by atoms with Gasteiger partial charge in [-0.25, -0.2) is 0 Å². The van der Waals surface area contributed by atoms with Crippen molar-refractivity contribution in [2.75, 3.05) is 0 Å². The van der Waals surface area contributed by atoms with Gasteiger partial charge in [0.25, 0.3) is 0 Å². The minimum atomic E-state index is 1.26. The number of aromatic nitrogens is 1.